The molecule has 1 aromatic rings. The predicted molar refractivity (Wildman–Crippen MR) is 143 cm³/mol. The number of rotatable bonds is 2. The molecule has 9 atom stereocenters. The van der Waals surface area contributed by atoms with Gasteiger partial charge in [-0.15, -0.1) is 0 Å². The number of hydrogen-bond donors (Lipinski definition) is 2. The minimum atomic E-state index is -0.740. The highest BCUT2D eigenvalue weighted by molar-refractivity contribution is 5.84. The molecule has 4 fully saturated rings. The van der Waals surface area contributed by atoms with Gasteiger partial charge in [-0.2, -0.15) is 0 Å². The van der Waals surface area contributed by atoms with Crippen molar-refractivity contribution in [3.8, 4) is 0 Å². The summed E-state index contributed by atoms with van der Waals surface area (Å²) in [4.78, 5) is 14.5. The Bertz CT molecular complexity index is 1110. The van der Waals surface area contributed by atoms with Gasteiger partial charge in [0.1, 0.15) is 11.5 Å². The van der Waals surface area contributed by atoms with E-state index in [2.05, 4.69) is 53.6 Å². The molecule has 37 heavy (non-hydrogen) atoms. The first kappa shape index (κ1) is 26.0. The fourth-order valence-corrected chi connectivity index (χ4v) is 11.8. The van der Waals surface area contributed by atoms with Crippen LogP contribution in [0.15, 0.2) is 10.7 Å². The van der Waals surface area contributed by atoms with Crippen molar-refractivity contribution < 1.29 is 19.5 Å². The number of carbonyl (C=O) groups is 1. The summed E-state index contributed by atoms with van der Waals surface area (Å²) in [5.41, 5.74) is 0.928. The van der Waals surface area contributed by atoms with Gasteiger partial charge in [0, 0.05) is 28.7 Å². The van der Waals surface area contributed by atoms with Gasteiger partial charge in [0.25, 0.3) is 0 Å². The summed E-state index contributed by atoms with van der Waals surface area (Å²) in [6, 6.07) is 0. The number of carbonyl (C=O) groups excluding carboxylic acids is 1. The number of Topliss-reactive ketones (excluding diaryl/α,β-unsaturated/α-hetero) is 1. The van der Waals surface area contributed by atoms with E-state index in [1.165, 1.54) is 5.56 Å². The van der Waals surface area contributed by atoms with E-state index < -0.39 is 6.10 Å². The average molecular weight is 512 g/mol. The second-order valence-corrected chi connectivity index (χ2v) is 16.1. The molecule has 0 saturated heterocycles. The second-order valence-electron chi connectivity index (χ2n) is 16.1. The molecule has 0 amide bonds. The van der Waals surface area contributed by atoms with E-state index in [4.69, 9.17) is 4.52 Å². The highest BCUT2D eigenvalue weighted by atomic mass is 16.5. The van der Waals surface area contributed by atoms with Crippen molar-refractivity contribution in [2.24, 2.45) is 50.7 Å². The zero-order chi connectivity index (χ0) is 26.8. The zero-order valence-electron chi connectivity index (χ0n) is 24.2. The minimum Gasteiger partial charge on any atom is -0.394 e. The third-order valence-corrected chi connectivity index (χ3v) is 13.9. The predicted octanol–water partition coefficient (Wildman–Crippen LogP) is 6.10. The first-order valence-corrected chi connectivity index (χ1v) is 14.9. The van der Waals surface area contributed by atoms with E-state index in [1.807, 2.05) is 6.20 Å². The van der Waals surface area contributed by atoms with Crippen LogP contribution in [0.2, 0.25) is 0 Å². The lowest BCUT2D eigenvalue weighted by molar-refractivity contribution is -0.241. The zero-order valence-corrected chi connectivity index (χ0v) is 24.2. The highest BCUT2D eigenvalue weighted by Crippen LogP contribution is 2.76. The Morgan fingerprint density at radius 3 is 2.41 bits per heavy atom. The molecule has 2 N–H and O–H groups in total. The summed E-state index contributed by atoms with van der Waals surface area (Å²) in [6.07, 6.45) is 9.86. The van der Waals surface area contributed by atoms with Crippen molar-refractivity contribution in [2.45, 2.75) is 118 Å². The van der Waals surface area contributed by atoms with Crippen LogP contribution >= 0.6 is 0 Å². The van der Waals surface area contributed by atoms with E-state index in [0.717, 1.165) is 57.1 Å². The smallest absolute Gasteiger partial charge is 0.145 e. The minimum absolute atomic E-state index is 0.0175. The molecule has 5 nitrogen and oxygen atoms in total. The summed E-state index contributed by atoms with van der Waals surface area (Å²) in [7, 11) is 0. The third kappa shape index (κ3) is 3.11. The number of aromatic nitrogens is 1. The van der Waals surface area contributed by atoms with Crippen LogP contribution in [0.3, 0.4) is 0 Å². The number of nitrogens with zero attached hydrogens (tertiary/aromatic N) is 1. The maximum Gasteiger partial charge on any atom is 0.145 e. The largest absolute Gasteiger partial charge is 0.394 e. The quantitative estimate of drug-likeness (QED) is 0.501. The maximum absolute atomic E-state index is 14.5. The molecule has 1 heterocycles. The van der Waals surface area contributed by atoms with Crippen LogP contribution in [-0.2, 0) is 16.6 Å². The van der Waals surface area contributed by atoms with Crippen LogP contribution in [0.25, 0.3) is 0 Å². The average Bonchev–Trinajstić information content (AvgIpc) is 3.28. The normalized spacial score (nSPS) is 48.6. The maximum atomic E-state index is 14.5. The number of fused-ring (bicyclic) bond motifs is 8. The lowest BCUT2D eigenvalue weighted by Gasteiger charge is -2.72. The second kappa shape index (κ2) is 7.71. The van der Waals surface area contributed by atoms with Crippen molar-refractivity contribution in [1.82, 2.24) is 5.16 Å². The van der Waals surface area contributed by atoms with Gasteiger partial charge in [0.15, 0.2) is 0 Å². The molecule has 0 aliphatic heterocycles. The number of hydrogen-bond acceptors (Lipinski definition) is 5. The molecule has 6 rings (SSSR count). The molecule has 0 spiro atoms. The molecular weight excluding hydrogens is 462 g/mol. The fraction of sp³-hybridized carbons (Fsp3) is 0.875. The fourth-order valence-electron chi connectivity index (χ4n) is 11.8. The SMILES string of the molecule is CC1(C)CC[C@]2(C(O)CO)CC[C@]3(C)C(C(=O)C[C@@H]4C5(C)Cc6cnoc6C(C)(C)[C@@H]5CCC43C)C2C1. The molecule has 5 heteroatoms. The standard InChI is InChI=1S/C32H49NO4/c1-27(2)10-12-32(24(36)18-34)13-11-31(7)25(20(32)16-27)21(35)14-23-29(5)15-19-17-33-37-26(19)28(3,4)22(29)8-9-30(23,31)6/h17,20,22-25,34,36H,8-16,18H2,1-7H3/t20?,22-,23+,24?,25?,29?,30?,31+,32-/m0/s1. The molecule has 0 aromatic carbocycles. The Morgan fingerprint density at radius 2 is 1.70 bits per heavy atom. The van der Waals surface area contributed by atoms with Crippen LogP contribution in [0.4, 0.5) is 0 Å². The third-order valence-electron chi connectivity index (χ3n) is 13.9. The van der Waals surface area contributed by atoms with Gasteiger partial charge >= 0.3 is 0 Å². The van der Waals surface area contributed by atoms with Gasteiger partial charge in [-0.1, -0.05) is 53.6 Å². The van der Waals surface area contributed by atoms with Crippen molar-refractivity contribution in [2.75, 3.05) is 6.61 Å². The molecule has 5 aliphatic carbocycles. The molecule has 0 radical (unpaired) electrons. The van der Waals surface area contributed by atoms with Crippen molar-refractivity contribution in [3.05, 3.63) is 17.5 Å². The van der Waals surface area contributed by atoms with E-state index in [1.54, 1.807) is 0 Å². The number of aliphatic hydroxyl groups is 2. The molecular formula is C32H49NO4. The lowest BCUT2D eigenvalue weighted by atomic mass is 9.31. The molecule has 5 aliphatic rings. The Morgan fingerprint density at radius 1 is 1.00 bits per heavy atom. The summed E-state index contributed by atoms with van der Waals surface area (Å²) >= 11 is 0. The number of aliphatic hydroxyl groups excluding tert-OH is 2. The molecule has 5 unspecified atom stereocenters. The van der Waals surface area contributed by atoms with Gasteiger partial charge in [0.05, 0.1) is 18.9 Å². The van der Waals surface area contributed by atoms with E-state index in [-0.39, 0.29) is 50.9 Å². The first-order valence-electron chi connectivity index (χ1n) is 14.9. The summed E-state index contributed by atoms with van der Waals surface area (Å²) in [5, 5.41) is 25.6. The summed E-state index contributed by atoms with van der Waals surface area (Å²) < 4.78 is 5.81. The summed E-state index contributed by atoms with van der Waals surface area (Å²) in [6.45, 7) is 16.6. The van der Waals surface area contributed by atoms with E-state index >= 15 is 0 Å². The first-order chi connectivity index (χ1) is 17.2. The van der Waals surface area contributed by atoms with Gasteiger partial charge < -0.3 is 14.7 Å². The van der Waals surface area contributed by atoms with Crippen molar-refractivity contribution >= 4 is 5.78 Å². The monoisotopic (exact) mass is 511 g/mol. The highest BCUT2D eigenvalue weighted by Gasteiger charge is 2.72. The van der Waals surface area contributed by atoms with Crippen molar-refractivity contribution in [3.63, 3.8) is 0 Å². The molecule has 206 valence electrons. The number of ketones is 1. The van der Waals surface area contributed by atoms with Crippen LogP contribution in [0.1, 0.15) is 111 Å². The van der Waals surface area contributed by atoms with Crippen LogP contribution in [-0.4, -0.2) is 33.9 Å². The Labute approximate surface area is 223 Å². The van der Waals surface area contributed by atoms with Crippen molar-refractivity contribution in [1.29, 1.82) is 0 Å². The topological polar surface area (TPSA) is 83.6 Å². The van der Waals surface area contributed by atoms with E-state index in [9.17, 15) is 15.0 Å². The summed E-state index contributed by atoms with van der Waals surface area (Å²) in [5.74, 6) is 2.36. The Kier molecular flexibility index (Phi) is 5.43. The molecule has 4 saturated carbocycles. The van der Waals surface area contributed by atoms with Crippen LogP contribution < -0.4 is 0 Å². The van der Waals surface area contributed by atoms with Crippen LogP contribution in [0, 0.1) is 50.7 Å². The molecule has 0 bridgehead atoms. The molecule has 1 aromatic heterocycles. The van der Waals surface area contributed by atoms with Gasteiger partial charge in [-0.05, 0) is 90.8 Å². The Balaban J connectivity index is 1.45. The Hall–Kier alpha value is -1.20. The van der Waals surface area contributed by atoms with E-state index in [0.29, 0.717) is 24.0 Å². The lowest BCUT2D eigenvalue weighted by Crippen LogP contribution is -2.70. The van der Waals surface area contributed by atoms with Gasteiger partial charge in [0.2, 0.25) is 0 Å². The van der Waals surface area contributed by atoms with Gasteiger partial charge in [-0.25, -0.2) is 0 Å². The van der Waals surface area contributed by atoms with Gasteiger partial charge in [-0.3, -0.25) is 4.79 Å². The van der Waals surface area contributed by atoms with Crippen LogP contribution in [0.5, 0.6) is 0 Å².